The minimum Gasteiger partial charge on any atom is -0.444 e. The molecular weight excluding hydrogens is 608 g/mol. The molecule has 2 aliphatic rings. The maximum absolute atomic E-state index is 12.8. The summed E-state index contributed by atoms with van der Waals surface area (Å²) < 4.78 is 11.3. The third-order valence-corrected chi connectivity index (χ3v) is 8.64. The zero-order valence-electron chi connectivity index (χ0n) is 28.3. The summed E-state index contributed by atoms with van der Waals surface area (Å²) in [6, 6.07) is 11.6. The summed E-state index contributed by atoms with van der Waals surface area (Å²) in [7, 11) is 0. The number of nitrogens with zero attached hydrogens (tertiary/aromatic N) is 6. The number of amides is 2. The largest absolute Gasteiger partial charge is 0.444 e. The van der Waals surface area contributed by atoms with Crippen molar-refractivity contribution in [2.75, 3.05) is 13.1 Å². The van der Waals surface area contributed by atoms with Crippen molar-refractivity contribution in [3.8, 4) is 22.5 Å². The average molecular weight is 651 g/mol. The van der Waals surface area contributed by atoms with Crippen molar-refractivity contribution in [2.24, 2.45) is 0 Å². The first-order chi connectivity index (χ1) is 22.8. The summed E-state index contributed by atoms with van der Waals surface area (Å²) in [5.41, 5.74) is 5.56. The van der Waals surface area contributed by atoms with E-state index in [2.05, 4.69) is 19.9 Å². The summed E-state index contributed by atoms with van der Waals surface area (Å²) in [6.07, 6.45) is 6.43. The standard InChI is InChI=1S/C36H42N8O4/c1-35(2,3)47-33(45)43-15-7-9-29(43)31-37-19-27(41-31)21-11-13-23-25(17-21)39-24-14-12-22(18-26(24)40-23)28-20-38-32(42-28)30-10-8-16-44(30)34(46)48-36(4,5)6/h11-14,17-20,29-30H,7-10,15-16H2,1-6H3,(H,37,41)(H,38,42)/t29-,30-/m0/s1. The molecule has 250 valence electrons. The minimum atomic E-state index is -0.554. The lowest BCUT2D eigenvalue weighted by Crippen LogP contribution is -2.36. The van der Waals surface area contributed by atoms with Crippen LogP contribution in [-0.2, 0) is 9.47 Å². The highest BCUT2D eigenvalue weighted by molar-refractivity contribution is 5.90. The predicted octanol–water partition coefficient (Wildman–Crippen LogP) is 7.71. The van der Waals surface area contributed by atoms with Gasteiger partial charge < -0.3 is 19.4 Å². The van der Waals surface area contributed by atoms with Crippen molar-refractivity contribution >= 4 is 34.3 Å². The number of hydrogen-bond acceptors (Lipinski definition) is 8. The van der Waals surface area contributed by atoms with Gasteiger partial charge in [0, 0.05) is 24.2 Å². The third kappa shape index (κ3) is 6.43. The number of aromatic amines is 2. The number of rotatable bonds is 4. The topological polar surface area (TPSA) is 142 Å². The van der Waals surface area contributed by atoms with Crippen LogP contribution in [0.5, 0.6) is 0 Å². The SMILES string of the molecule is CC(C)(C)OC(=O)N1CCC[C@H]1c1ncc(-c2ccc3nc4cc(-c5cnc([C@@H]6CCCN6C(=O)OC(C)(C)C)[nH]5)ccc4nc3c2)[nH]1. The van der Waals surface area contributed by atoms with Crippen molar-refractivity contribution in [1.29, 1.82) is 0 Å². The van der Waals surface area contributed by atoms with Crippen LogP contribution in [0.25, 0.3) is 44.6 Å². The Balaban J connectivity index is 1.10. The normalized spacial score (nSPS) is 18.6. The van der Waals surface area contributed by atoms with Crippen LogP contribution < -0.4 is 0 Å². The smallest absolute Gasteiger partial charge is 0.410 e. The molecule has 12 nitrogen and oxygen atoms in total. The summed E-state index contributed by atoms with van der Waals surface area (Å²) in [4.78, 5) is 55.2. The molecule has 0 saturated carbocycles. The van der Waals surface area contributed by atoms with E-state index in [1.807, 2.05) is 77.9 Å². The van der Waals surface area contributed by atoms with Crippen LogP contribution >= 0.6 is 0 Å². The molecule has 5 aromatic rings. The van der Waals surface area contributed by atoms with Gasteiger partial charge in [-0.2, -0.15) is 0 Å². The molecule has 0 radical (unpaired) electrons. The first-order valence-electron chi connectivity index (χ1n) is 16.6. The van der Waals surface area contributed by atoms with Crippen LogP contribution in [0.15, 0.2) is 48.8 Å². The number of fused-ring (bicyclic) bond motifs is 2. The van der Waals surface area contributed by atoms with Gasteiger partial charge in [-0.25, -0.2) is 29.5 Å². The quantitative estimate of drug-likeness (QED) is 0.188. The van der Waals surface area contributed by atoms with Gasteiger partial charge in [-0.05, 0) is 91.5 Å². The first kappa shape index (κ1) is 31.6. The molecule has 5 heterocycles. The van der Waals surface area contributed by atoms with E-state index < -0.39 is 11.2 Å². The Morgan fingerprint density at radius 1 is 0.667 bits per heavy atom. The molecule has 0 unspecified atom stereocenters. The lowest BCUT2D eigenvalue weighted by molar-refractivity contribution is 0.0208. The van der Waals surface area contributed by atoms with Gasteiger partial charge in [-0.1, -0.05) is 12.1 Å². The number of likely N-dealkylation sites (tertiary alicyclic amines) is 2. The molecule has 0 aliphatic carbocycles. The molecular formula is C36H42N8O4. The van der Waals surface area contributed by atoms with Gasteiger partial charge in [-0.3, -0.25) is 9.80 Å². The van der Waals surface area contributed by atoms with Crippen molar-refractivity contribution in [3.05, 3.63) is 60.4 Å². The Labute approximate surface area is 279 Å². The Morgan fingerprint density at radius 3 is 1.48 bits per heavy atom. The number of benzene rings is 2. The van der Waals surface area contributed by atoms with Crippen LogP contribution in [0.4, 0.5) is 9.59 Å². The van der Waals surface area contributed by atoms with Gasteiger partial charge >= 0.3 is 12.2 Å². The van der Waals surface area contributed by atoms with E-state index in [0.717, 1.165) is 81.9 Å². The van der Waals surface area contributed by atoms with E-state index in [1.165, 1.54) is 0 Å². The number of carbonyl (C=O) groups excluding carboxylic acids is 2. The molecule has 2 aliphatic heterocycles. The van der Waals surface area contributed by atoms with Crippen molar-refractivity contribution in [1.82, 2.24) is 39.7 Å². The molecule has 12 heteroatoms. The maximum atomic E-state index is 12.8. The van der Waals surface area contributed by atoms with Gasteiger partial charge in [0.1, 0.15) is 22.9 Å². The molecule has 2 fully saturated rings. The average Bonchev–Trinajstić information content (AvgIpc) is 3.83. The minimum absolute atomic E-state index is 0.153. The van der Waals surface area contributed by atoms with Crippen LogP contribution in [0.3, 0.4) is 0 Å². The van der Waals surface area contributed by atoms with E-state index >= 15 is 0 Å². The molecule has 0 spiro atoms. The monoisotopic (exact) mass is 650 g/mol. The number of nitrogens with one attached hydrogen (secondary N) is 2. The third-order valence-electron chi connectivity index (χ3n) is 8.64. The fraction of sp³-hybridized carbons (Fsp3) is 0.444. The van der Waals surface area contributed by atoms with Crippen LogP contribution in [-0.4, -0.2) is 76.2 Å². The highest BCUT2D eigenvalue weighted by atomic mass is 16.6. The Bertz CT molecular complexity index is 1860. The molecule has 3 aromatic heterocycles. The maximum Gasteiger partial charge on any atom is 0.410 e. The molecule has 2 amide bonds. The van der Waals surface area contributed by atoms with Gasteiger partial charge in [-0.15, -0.1) is 0 Å². The molecule has 2 saturated heterocycles. The molecule has 0 bridgehead atoms. The summed E-state index contributed by atoms with van der Waals surface area (Å²) in [6.45, 7) is 12.5. The van der Waals surface area contributed by atoms with Crippen LogP contribution in [0.1, 0.15) is 91.0 Å². The molecule has 48 heavy (non-hydrogen) atoms. The second kappa shape index (κ2) is 11.9. The van der Waals surface area contributed by atoms with E-state index in [1.54, 1.807) is 22.2 Å². The molecule has 2 aromatic carbocycles. The van der Waals surface area contributed by atoms with Gasteiger partial charge in [0.15, 0.2) is 0 Å². The number of hydrogen-bond donors (Lipinski definition) is 2. The second-order valence-corrected chi connectivity index (χ2v) is 14.7. The first-order valence-corrected chi connectivity index (χ1v) is 16.6. The Morgan fingerprint density at radius 2 is 1.08 bits per heavy atom. The number of H-pyrrole nitrogens is 2. The number of ether oxygens (including phenoxy) is 2. The van der Waals surface area contributed by atoms with Gasteiger partial charge in [0.05, 0.1) is 57.9 Å². The predicted molar refractivity (Wildman–Crippen MR) is 182 cm³/mol. The van der Waals surface area contributed by atoms with E-state index in [-0.39, 0.29) is 24.3 Å². The second-order valence-electron chi connectivity index (χ2n) is 14.7. The molecule has 2 atom stereocenters. The van der Waals surface area contributed by atoms with Crippen LogP contribution in [0, 0.1) is 0 Å². The Hall–Kier alpha value is -5.00. The van der Waals surface area contributed by atoms with Gasteiger partial charge in [0.25, 0.3) is 0 Å². The van der Waals surface area contributed by atoms with Gasteiger partial charge in [0.2, 0.25) is 0 Å². The molecule has 2 N–H and O–H groups in total. The van der Waals surface area contributed by atoms with E-state index in [0.29, 0.717) is 13.1 Å². The number of imidazole rings is 2. The van der Waals surface area contributed by atoms with Crippen LogP contribution in [0.2, 0.25) is 0 Å². The zero-order valence-corrected chi connectivity index (χ0v) is 28.3. The Kier molecular flexibility index (Phi) is 7.84. The highest BCUT2D eigenvalue weighted by Crippen LogP contribution is 2.35. The summed E-state index contributed by atoms with van der Waals surface area (Å²) >= 11 is 0. The zero-order chi connectivity index (χ0) is 33.8. The van der Waals surface area contributed by atoms with Crippen molar-refractivity contribution < 1.29 is 19.1 Å². The highest BCUT2D eigenvalue weighted by Gasteiger charge is 2.36. The van der Waals surface area contributed by atoms with E-state index in [9.17, 15) is 9.59 Å². The lowest BCUT2D eigenvalue weighted by Gasteiger charge is -2.27. The van der Waals surface area contributed by atoms with Crippen molar-refractivity contribution in [3.63, 3.8) is 0 Å². The summed E-state index contributed by atoms with van der Waals surface area (Å²) in [5.74, 6) is 1.50. The van der Waals surface area contributed by atoms with E-state index in [4.69, 9.17) is 19.4 Å². The number of aromatic nitrogens is 6. The number of carbonyl (C=O) groups is 2. The fourth-order valence-electron chi connectivity index (χ4n) is 6.50. The fourth-order valence-corrected chi connectivity index (χ4v) is 6.50. The van der Waals surface area contributed by atoms with Crippen molar-refractivity contribution in [2.45, 2.75) is 90.5 Å². The molecule has 7 rings (SSSR count). The summed E-state index contributed by atoms with van der Waals surface area (Å²) in [5, 5.41) is 0. The lowest BCUT2D eigenvalue weighted by atomic mass is 10.1.